The molecule has 1 aromatic carbocycles. The molecule has 21 heavy (non-hydrogen) atoms. The Balaban J connectivity index is 2.33. The summed E-state index contributed by atoms with van der Waals surface area (Å²) in [6.07, 6.45) is 2.13. The number of nitrogen functional groups attached to an aromatic ring is 1. The number of halogens is 1. The third-order valence-electron chi connectivity index (χ3n) is 3.37. The highest BCUT2D eigenvalue weighted by Gasteiger charge is 2.19. The first kappa shape index (κ1) is 15.5. The van der Waals surface area contributed by atoms with Gasteiger partial charge in [0.25, 0.3) is 0 Å². The van der Waals surface area contributed by atoms with Crippen molar-refractivity contribution in [2.45, 2.75) is 32.7 Å². The first-order valence-electron chi connectivity index (χ1n) is 7.10. The van der Waals surface area contributed by atoms with E-state index < -0.39 is 0 Å². The molecule has 0 spiro atoms. The Bertz CT molecular complexity index is 555. The lowest BCUT2D eigenvalue weighted by Crippen LogP contribution is -2.30. The summed E-state index contributed by atoms with van der Waals surface area (Å²) in [7, 11) is 0. The van der Waals surface area contributed by atoms with E-state index in [1.807, 2.05) is 18.2 Å². The van der Waals surface area contributed by atoms with Crippen LogP contribution in [0, 0.1) is 0 Å². The van der Waals surface area contributed by atoms with Gasteiger partial charge in [0.15, 0.2) is 0 Å². The molecule has 0 aliphatic rings. The van der Waals surface area contributed by atoms with Crippen LogP contribution in [0.25, 0.3) is 0 Å². The minimum atomic E-state index is 0.124. The molecule has 5 nitrogen and oxygen atoms in total. The molecular weight excluding hydrogens is 286 g/mol. The van der Waals surface area contributed by atoms with Gasteiger partial charge in [-0.1, -0.05) is 43.7 Å². The number of nitrogens with zero attached hydrogens (tertiary/aromatic N) is 4. The molecule has 1 aromatic heterocycles. The van der Waals surface area contributed by atoms with Crippen molar-refractivity contribution in [1.29, 1.82) is 0 Å². The number of anilines is 2. The zero-order valence-electron chi connectivity index (χ0n) is 12.3. The molecule has 112 valence electrons. The van der Waals surface area contributed by atoms with Gasteiger partial charge in [-0.3, -0.25) is 0 Å². The number of hydrogen-bond donors (Lipinski definition) is 1. The van der Waals surface area contributed by atoms with E-state index in [4.69, 9.17) is 17.3 Å². The fourth-order valence-corrected chi connectivity index (χ4v) is 2.35. The number of nitrogens with two attached hydrogens (primary N) is 1. The normalized spacial score (nSPS) is 12.1. The SMILES string of the molecule is CCCCN(c1nc(N)nc(Cl)n1)C(C)c1ccccc1. The second-order valence-corrected chi connectivity index (χ2v) is 5.23. The molecule has 0 saturated heterocycles. The Hall–Kier alpha value is -1.88. The molecule has 0 fully saturated rings. The number of hydrogen-bond acceptors (Lipinski definition) is 5. The van der Waals surface area contributed by atoms with Gasteiger partial charge in [0, 0.05) is 6.54 Å². The van der Waals surface area contributed by atoms with E-state index in [-0.39, 0.29) is 17.3 Å². The molecule has 2 rings (SSSR count). The molecule has 1 unspecified atom stereocenters. The summed E-state index contributed by atoms with van der Waals surface area (Å²) < 4.78 is 0. The summed E-state index contributed by atoms with van der Waals surface area (Å²) in [6, 6.07) is 10.4. The molecule has 0 aliphatic carbocycles. The summed E-state index contributed by atoms with van der Waals surface area (Å²) in [5.41, 5.74) is 6.89. The van der Waals surface area contributed by atoms with Crippen LogP contribution in [-0.2, 0) is 0 Å². The smallest absolute Gasteiger partial charge is 0.231 e. The van der Waals surface area contributed by atoms with Gasteiger partial charge in [-0.25, -0.2) is 0 Å². The van der Waals surface area contributed by atoms with Crippen LogP contribution in [0.4, 0.5) is 11.9 Å². The van der Waals surface area contributed by atoms with Gasteiger partial charge in [-0.15, -0.1) is 0 Å². The third-order valence-corrected chi connectivity index (χ3v) is 3.54. The van der Waals surface area contributed by atoms with Crippen LogP contribution in [0.15, 0.2) is 30.3 Å². The van der Waals surface area contributed by atoms with Gasteiger partial charge < -0.3 is 10.6 Å². The van der Waals surface area contributed by atoms with Gasteiger partial charge in [0.1, 0.15) is 0 Å². The van der Waals surface area contributed by atoms with Gasteiger partial charge in [-0.2, -0.15) is 15.0 Å². The zero-order chi connectivity index (χ0) is 15.2. The fraction of sp³-hybridized carbons (Fsp3) is 0.400. The Morgan fingerprint density at radius 3 is 2.52 bits per heavy atom. The second kappa shape index (κ2) is 7.22. The molecule has 0 amide bonds. The lowest BCUT2D eigenvalue weighted by molar-refractivity contribution is 0.619. The van der Waals surface area contributed by atoms with Crippen LogP contribution < -0.4 is 10.6 Å². The van der Waals surface area contributed by atoms with Crippen molar-refractivity contribution >= 4 is 23.5 Å². The van der Waals surface area contributed by atoms with E-state index >= 15 is 0 Å². The van der Waals surface area contributed by atoms with Gasteiger partial charge in [-0.05, 0) is 30.5 Å². The van der Waals surface area contributed by atoms with Crippen LogP contribution in [0.3, 0.4) is 0 Å². The van der Waals surface area contributed by atoms with Crippen molar-refractivity contribution in [2.24, 2.45) is 0 Å². The molecule has 6 heteroatoms. The summed E-state index contributed by atoms with van der Waals surface area (Å²) >= 11 is 5.91. The maximum Gasteiger partial charge on any atom is 0.231 e. The quantitative estimate of drug-likeness (QED) is 0.885. The Morgan fingerprint density at radius 1 is 1.19 bits per heavy atom. The van der Waals surface area contributed by atoms with E-state index in [0.717, 1.165) is 19.4 Å². The van der Waals surface area contributed by atoms with E-state index in [1.54, 1.807) is 0 Å². The molecular formula is C15H20ClN5. The van der Waals surface area contributed by atoms with Crippen LogP contribution >= 0.6 is 11.6 Å². The van der Waals surface area contributed by atoms with Crippen molar-refractivity contribution in [3.63, 3.8) is 0 Å². The van der Waals surface area contributed by atoms with Crippen LogP contribution in [0.1, 0.15) is 38.3 Å². The summed E-state index contributed by atoms with van der Waals surface area (Å²) in [4.78, 5) is 14.4. The highest BCUT2D eigenvalue weighted by Crippen LogP contribution is 2.25. The molecule has 0 radical (unpaired) electrons. The zero-order valence-corrected chi connectivity index (χ0v) is 13.1. The van der Waals surface area contributed by atoms with E-state index in [2.05, 4.69) is 45.8 Å². The van der Waals surface area contributed by atoms with E-state index in [0.29, 0.717) is 5.95 Å². The number of rotatable bonds is 6. The van der Waals surface area contributed by atoms with Gasteiger partial charge in [0.05, 0.1) is 6.04 Å². The van der Waals surface area contributed by atoms with Gasteiger partial charge >= 0.3 is 0 Å². The van der Waals surface area contributed by atoms with Crippen LogP contribution in [0.2, 0.25) is 5.28 Å². The lowest BCUT2D eigenvalue weighted by atomic mass is 10.1. The molecule has 2 aromatic rings. The first-order valence-corrected chi connectivity index (χ1v) is 7.48. The lowest BCUT2D eigenvalue weighted by Gasteiger charge is -2.29. The standard InChI is InChI=1S/C15H20ClN5/c1-3-4-10-21(11(2)12-8-6-5-7-9-12)15-19-13(16)18-14(17)20-15/h5-9,11H,3-4,10H2,1-2H3,(H2,17,18,19,20). The molecule has 0 saturated carbocycles. The summed E-state index contributed by atoms with van der Waals surface area (Å²) in [6.45, 7) is 5.12. The maximum atomic E-state index is 5.91. The largest absolute Gasteiger partial charge is 0.368 e. The Kier molecular flexibility index (Phi) is 5.33. The third kappa shape index (κ3) is 4.04. The average Bonchev–Trinajstić information content (AvgIpc) is 2.47. The monoisotopic (exact) mass is 305 g/mol. The van der Waals surface area contributed by atoms with E-state index in [1.165, 1.54) is 5.56 Å². The highest BCUT2D eigenvalue weighted by molar-refractivity contribution is 6.28. The molecule has 0 bridgehead atoms. The summed E-state index contributed by atoms with van der Waals surface area (Å²) in [5, 5.41) is 0.124. The van der Waals surface area contributed by atoms with Crippen molar-refractivity contribution in [2.75, 3.05) is 17.2 Å². The van der Waals surface area contributed by atoms with Crippen LogP contribution in [0.5, 0.6) is 0 Å². The fourth-order valence-electron chi connectivity index (χ4n) is 2.19. The van der Waals surface area contributed by atoms with Crippen molar-refractivity contribution < 1.29 is 0 Å². The van der Waals surface area contributed by atoms with Crippen molar-refractivity contribution in [3.05, 3.63) is 41.2 Å². The summed E-state index contributed by atoms with van der Waals surface area (Å²) in [5.74, 6) is 0.670. The minimum Gasteiger partial charge on any atom is -0.368 e. The number of unbranched alkanes of at least 4 members (excludes halogenated alkanes) is 1. The molecule has 2 N–H and O–H groups in total. The van der Waals surface area contributed by atoms with Crippen molar-refractivity contribution in [1.82, 2.24) is 15.0 Å². The van der Waals surface area contributed by atoms with E-state index in [9.17, 15) is 0 Å². The average molecular weight is 306 g/mol. The Morgan fingerprint density at radius 2 is 1.90 bits per heavy atom. The minimum absolute atomic E-state index is 0.124. The van der Waals surface area contributed by atoms with Crippen molar-refractivity contribution in [3.8, 4) is 0 Å². The molecule has 1 heterocycles. The van der Waals surface area contributed by atoms with Crippen LogP contribution in [-0.4, -0.2) is 21.5 Å². The predicted molar refractivity (Wildman–Crippen MR) is 86.4 cm³/mol. The maximum absolute atomic E-state index is 5.91. The van der Waals surface area contributed by atoms with Gasteiger partial charge in [0.2, 0.25) is 17.2 Å². The predicted octanol–water partition coefficient (Wildman–Crippen LogP) is 3.47. The molecule has 1 atom stereocenters. The highest BCUT2D eigenvalue weighted by atomic mass is 35.5. The number of benzene rings is 1. The second-order valence-electron chi connectivity index (χ2n) is 4.90. The Labute approximate surface area is 130 Å². The topological polar surface area (TPSA) is 67.9 Å². The first-order chi connectivity index (χ1) is 10.1. The number of aromatic nitrogens is 3. The molecule has 0 aliphatic heterocycles.